The van der Waals surface area contributed by atoms with Gasteiger partial charge < -0.3 is 0 Å². The van der Waals surface area contributed by atoms with Gasteiger partial charge in [0.1, 0.15) is 6.33 Å². The van der Waals surface area contributed by atoms with E-state index in [0.717, 1.165) is 28.2 Å². The second-order valence-electron chi connectivity index (χ2n) is 5.18. The summed E-state index contributed by atoms with van der Waals surface area (Å²) in [6, 6.07) is 22.6. The molecule has 2 aromatic carbocycles. The molecule has 4 heteroatoms. The van der Waals surface area contributed by atoms with Crippen LogP contribution in [0.3, 0.4) is 0 Å². The lowest BCUT2D eigenvalue weighted by Gasteiger charge is -2.10. The number of rotatable bonds is 4. The van der Waals surface area contributed by atoms with Crippen molar-refractivity contribution in [3.63, 3.8) is 0 Å². The number of hydrogen-bond acceptors (Lipinski definition) is 3. The minimum atomic E-state index is 0.852. The predicted octanol–water partition coefficient (Wildman–Crippen LogP) is 4.71. The SMILES string of the molecule is c1ccc(CSc2ccccc2-n2cnc3ccccc32)nc1. The second-order valence-corrected chi connectivity index (χ2v) is 6.20. The molecule has 3 nitrogen and oxygen atoms in total. The van der Waals surface area contributed by atoms with Crippen molar-refractivity contribution in [1.29, 1.82) is 0 Å². The van der Waals surface area contributed by atoms with E-state index >= 15 is 0 Å². The first-order valence-electron chi connectivity index (χ1n) is 7.46. The van der Waals surface area contributed by atoms with Crippen LogP contribution in [0.25, 0.3) is 16.7 Å². The number of imidazole rings is 1. The fourth-order valence-corrected chi connectivity index (χ4v) is 3.53. The fourth-order valence-electron chi connectivity index (χ4n) is 2.56. The maximum absolute atomic E-state index is 4.50. The Balaban J connectivity index is 1.70. The van der Waals surface area contributed by atoms with Gasteiger partial charge in [0.2, 0.25) is 0 Å². The number of pyridine rings is 1. The van der Waals surface area contributed by atoms with Gasteiger partial charge in [-0.15, -0.1) is 11.8 Å². The molecule has 2 heterocycles. The van der Waals surface area contributed by atoms with Crippen molar-refractivity contribution in [2.45, 2.75) is 10.6 Å². The zero-order valence-electron chi connectivity index (χ0n) is 12.5. The van der Waals surface area contributed by atoms with Crippen LogP contribution in [-0.4, -0.2) is 14.5 Å². The lowest BCUT2D eigenvalue weighted by molar-refractivity contribution is 1.05. The highest BCUT2D eigenvalue weighted by Crippen LogP contribution is 2.30. The Bertz CT molecular complexity index is 931. The van der Waals surface area contributed by atoms with Crippen molar-refractivity contribution < 1.29 is 0 Å². The number of thioether (sulfide) groups is 1. The number of para-hydroxylation sites is 3. The van der Waals surface area contributed by atoms with Crippen molar-refractivity contribution in [3.8, 4) is 5.69 Å². The normalized spacial score (nSPS) is 11.0. The third kappa shape index (κ3) is 2.85. The number of fused-ring (bicyclic) bond motifs is 1. The minimum absolute atomic E-state index is 0.852. The molecule has 2 aromatic heterocycles. The number of aromatic nitrogens is 3. The highest BCUT2D eigenvalue weighted by atomic mass is 32.2. The molecule has 0 radical (unpaired) electrons. The highest BCUT2D eigenvalue weighted by molar-refractivity contribution is 7.98. The van der Waals surface area contributed by atoms with Crippen LogP contribution in [0.2, 0.25) is 0 Å². The van der Waals surface area contributed by atoms with Crippen molar-refractivity contribution in [1.82, 2.24) is 14.5 Å². The lowest BCUT2D eigenvalue weighted by atomic mass is 10.3. The van der Waals surface area contributed by atoms with Gasteiger partial charge in [0.05, 0.1) is 22.4 Å². The average Bonchev–Trinajstić information content (AvgIpc) is 3.05. The van der Waals surface area contributed by atoms with E-state index in [1.165, 1.54) is 4.90 Å². The van der Waals surface area contributed by atoms with E-state index in [4.69, 9.17) is 0 Å². The summed E-state index contributed by atoms with van der Waals surface area (Å²) in [6.07, 6.45) is 3.73. The van der Waals surface area contributed by atoms with Gasteiger partial charge >= 0.3 is 0 Å². The van der Waals surface area contributed by atoms with Crippen LogP contribution in [-0.2, 0) is 5.75 Å². The second kappa shape index (κ2) is 6.26. The molecule has 0 saturated heterocycles. The van der Waals surface area contributed by atoms with E-state index in [1.54, 1.807) is 11.8 Å². The summed E-state index contributed by atoms with van der Waals surface area (Å²) >= 11 is 1.80. The van der Waals surface area contributed by atoms with Crippen LogP contribution >= 0.6 is 11.8 Å². The van der Waals surface area contributed by atoms with Crippen LogP contribution in [0.15, 0.2) is 84.1 Å². The maximum atomic E-state index is 4.50. The highest BCUT2D eigenvalue weighted by Gasteiger charge is 2.09. The van der Waals surface area contributed by atoms with Crippen molar-refractivity contribution in [2.24, 2.45) is 0 Å². The molecule has 23 heavy (non-hydrogen) atoms. The van der Waals surface area contributed by atoms with Gasteiger partial charge in [-0.3, -0.25) is 9.55 Å². The number of benzene rings is 2. The summed E-state index contributed by atoms with van der Waals surface area (Å²) in [5.74, 6) is 0.852. The van der Waals surface area contributed by atoms with Crippen LogP contribution in [0.1, 0.15) is 5.69 Å². The maximum Gasteiger partial charge on any atom is 0.100 e. The average molecular weight is 317 g/mol. The van der Waals surface area contributed by atoms with Crippen molar-refractivity contribution >= 4 is 22.8 Å². The van der Waals surface area contributed by atoms with E-state index in [1.807, 2.05) is 42.9 Å². The summed E-state index contributed by atoms with van der Waals surface area (Å²) < 4.78 is 2.15. The Kier molecular flexibility index (Phi) is 3.82. The molecule has 0 aliphatic rings. The molecule has 0 atom stereocenters. The topological polar surface area (TPSA) is 30.7 Å². The van der Waals surface area contributed by atoms with Crippen LogP contribution in [0.4, 0.5) is 0 Å². The van der Waals surface area contributed by atoms with Gasteiger partial charge in [-0.1, -0.05) is 30.3 Å². The standard InChI is InChI=1S/C19H15N3S/c1-2-9-17-16(8-1)21-14-22(17)18-10-3-4-11-19(18)23-13-15-7-5-6-12-20-15/h1-12,14H,13H2. The largest absolute Gasteiger partial charge is 0.298 e. The third-order valence-electron chi connectivity index (χ3n) is 3.68. The summed E-state index contributed by atoms with van der Waals surface area (Å²) in [4.78, 5) is 10.1. The Morgan fingerprint density at radius 2 is 1.65 bits per heavy atom. The van der Waals surface area contributed by atoms with E-state index in [-0.39, 0.29) is 0 Å². The van der Waals surface area contributed by atoms with Crippen LogP contribution in [0.5, 0.6) is 0 Å². The smallest absolute Gasteiger partial charge is 0.100 e. The molecule has 112 valence electrons. The molecule has 4 rings (SSSR count). The molecule has 4 aromatic rings. The van der Waals surface area contributed by atoms with E-state index in [2.05, 4.69) is 50.9 Å². The summed E-state index contributed by atoms with van der Waals surface area (Å²) in [7, 11) is 0. The first kappa shape index (κ1) is 14.0. The van der Waals surface area contributed by atoms with E-state index < -0.39 is 0 Å². The van der Waals surface area contributed by atoms with Crippen LogP contribution in [0, 0.1) is 0 Å². The Morgan fingerprint density at radius 1 is 0.826 bits per heavy atom. The van der Waals surface area contributed by atoms with Gasteiger partial charge in [-0.2, -0.15) is 0 Å². The third-order valence-corrected chi connectivity index (χ3v) is 4.78. The van der Waals surface area contributed by atoms with Gasteiger partial charge in [0, 0.05) is 16.8 Å². The molecule has 0 bridgehead atoms. The molecule has 0 fully saturated rings. The van der Waals surface area contributed by atoms with Crippen molar-refractivity contribution in [2.75, 3.05) is 0 Å². The van der Waals surface area contributed by atoms with Crippen LogP contribution < -0.4 is 0 Å². The molecular formula is C19H15N3S. The molecule has 0 saturated carbocycles. The molecule has 0 aliphatic carbocycles. The number of hydrogen-bond donors (Lipinski definition) is 0. The van der Waals surface area contributed by atoms with E-state index in [0.29, 0.717) is 0 Å². The van der Waals surface area contributed by atoms with Gasteiger partial charge in [0.15, 0.2) is 0 Å². The number of nitrogens with zero attached hydrogens (tertiary/aromatic N) is 3. The Labute approximate surface area is 139 Å². The zero-order chi connectivity index (χ0) is 15.5. The molecular weight excluding hydrogens is 302 g/mol. The zero-order valence-corrected chi connectivity index (χ0v) is 13.3. The minimum Gasteiger partial charge on any atom is -0.298 e. The van der Waals surface area contributed by atoms with E-state index in [9.17, 15) is 0 Å². The predicted molar refractivity (Wildman–Crippen MR) is 94.9 cm³/mol. The molecule has 0 N–H and O–H groups in total. The fraction of sp³-hybridized carbons (Fsp3) is 0.0526. The Hall–Kier alpha value is -2.59. The molecule has 0 amide bonds. The van der Waals surface area contributed by atoms with Gasteiger partial charge in [-0.25, -0.2) is 4.98 Å². The Morgan fingerprint density at radius 3 is 2.57 bits per heavy atom. The molecule has 0 spiro atoms. The first-order valence-corrected chi connectivity index (χ1v) is 8.44. The van der Waals surface area contributed by atoms with Gasteiger partial charge in [0.25, 0.3) is 0 Å². The van der Waals surface area contributed by atoms with Gasteiger partial charge in [-0.05, 0) is 36.4 Å². The lowest BCUT2D eigenvalue weighted by Crippen LogP contribution is -1.95. The summed E-state index contributed by atoms with van der Waals surface area (Å²) in [5.41, 5.74) is 4.38. The summed E-state index contributed by atoms with van der Waals surface area (Å²) in [5, 5.41) is 0. The van der Waals surface area contributed by atoms with Crippen molar-refractivity contribution in [3.05, 3.63) is 84.9 Å². The first-order chi connectivity index (χ1) is 11.4. The monoisotopic (exact) mass is 317 g/mol. The molecule has 0 unspecified atom stereocenters. The quantitative estimate of drug-likeness (QED) is 0.511. The molecule has 0 aliphatic heterocycles. The summed E-state index contributed by atoms with van der Waals surface area (Å²) in [6.45, 7) is 0.